The molecule has 1 aromatic carbocycles. The molecule has 2 aromatic rings. The van der Waals surface area contributed by atoms with E-state index >= 15 is 0 Å². The summed E-state index contributed by atoms with van der Waals surface area (Å²) in [6.07, 6.45) is 5.20. The third-order valence-corrected chi connectivity index (χ3v) is 6.93. The molecule has 1 aliphatic heterocycles. The Morgan fingerprint density at radius 2 is 2.26 bits per heavy atom. The summed E-state index contributed by atoms with van der Waals surface area (Å²) in [5.41, 5.74) is 1.60. The van der Waals surface area contributed by atoms with E-state index in [9.17, 15) is 14.3 Å². The molecule has 1 unspecified atom stereocenters. The lowest BCUT2D eigenvalue weighted by Gasteiger charge is -2.35. The van der Waals surface area contributed by atoms with Gasteiger partial charge in [0, 0.05) is 40.4 Å². The van der Waals surface area contributed by atoms with E-state index in [0.29, 0.717) is 22.0 Å². The van der Waals surface area contributed by atoms with Crippen LogP contribution in [0.3, 0.4) is 0 Å². The van der Waals surface area contributed by atoms with Crippen molar-refractivity contribution in [3.8, 4) is 0 Å². The van der Waals surface area contributed by atoms with Gasteiger partial charge in [-0.05, 0) is 37.3 Å². The van der Waals surface area contributed by atoms with Crippen LogP contribution in [0.2, 0.25) is 5.02 Å². The number of carbonyl (C=O) groups is 1. The van der Waals surface area contributed by atoms with Crippen molar-refractivity contribution in [3.63, 3.8) is 0 Å². The van der Waals surface area contributed by atoms with Gasteiger partial charge in [0.2, 0.25) is 0 Å². The lowest BCUT2D eigenvalue weighted by molar-refractivity contribution is -0.136. The lowest BCUT2D eigenvalue weighted by Crippen LogP contribution is -2.38. The van der Waals surface area contributed by atoms with Crippen LogP contribution < -0.4 is 5.32 Å². The summed E-state index contributed by atoms with van der Waals surface area (Å²) in [5, 5.41) is 15.8. The molecule has 2 heterocycles. The molecule has 0 spiro atoms. The number of ether oxygens (including phenoxy) is 1. The van der Waals surface area contributed by atoms with Gasteiger partial charge in [-0.3, -0.25) is 4.99 Å². The Bertz CT molecular complexity index is 1030. The number of aliphatic imine (C=N–C) groups is 1. The maximum absolute atomic E-state index is 13.7. The molecule has 4 rings (SSSR count). The van der Waals surface area contributed by atoms with Gasteiger partial charge in [-0.2, -0.15) is 0 Å². The van der Waals surface area contributed by atoms with Gasteiger partial charge in [-0.1, -0.05) is 24.1 Å². The topological polar surface area (TPSA) is 83.8 Å². The van der Waals surface area contributed by atoms with Crippen LogP contribution in [0.4, 0.5) is 4.39 Å². The average molecular weight is 464 g/mol. The van der Waals surface area contributed by atoms with Gasteiger partial charge < -0.3 is 15.2 Å². The number of aromatic nitrogens is 1. The van der Waals surface area contributed by atoms with Crippen molar-refractivity contribution < 1.29 is 19.0 Å². The summed E-state index contributed by atoms with van der Waals surface area (Å²) in [4.78, 5) is 22.1. The maximum Gasteiger partial charge on any atom is 0.338 e. The number of esters is 1. The highest BCUT2D eigenvalue weighted by atomic mass is 35.5. The fourth-order valence-electron chi connectivity index (χ4n) is 4.34. The van der Waals surface area contributed by atoms with Crippen molar-refractivity contribution in [3.05, 3.63) is 62.5 Å². The van der Waals surface area contributed by atoms with E-state index < -0.39 is 17.8 Å². The number of nitrogens with zero attached hydrogens (tertiary/aromatic N) is 2. The number of hydrogen-bond donors (Lipinski definition) is 2. The van der Waals surface area contributed by atoms with Crippen molar-refractivity contribution in [2.75, 3.05) is 13.7 Å². The normalized spacial score (nSPS) is 23.9. The fourth-order valence-corrected chi connectivity index (χ4v) is 5.20. The van der Waals surface area contributed by atoms with E-state index in [0.717, 1.165) is 31.4 Å². The third kappa shape index (κ3) is 4.51. The molecule has 3 atom stereocenters. The molecule has 0 bridgehead atoms. The van der Waals surface area contributed by atoms with Crippen molar-refractivity contribution in [2.24, 2.45) is 16.8 Å². The molecular formula is C22H23ClFN3O3S. The van der Waals surface area contributed by atoms with Crippen LogP contribution in [0.15, 0.2) is 46.0 Å². The molecule has 1 fully saturated rings. The minimum atomic E-state index is -0.759. The number of benzene rings is 1. The number of amidine groups is 1. The molecule has 1 aliphatic carbocycles. The van der Waals surface area contributed by atoms with E-state index in [4.69, 9.17) is 21.3 Å². The Balaban J connectivity index is 1.87. The molecule has 1 aromatic heterocycles. The zero-order chi connectivity index (χ0) is 22.0. The first-order valence-corrected chi connectivity index (χ1v) is 11.4. The quantitative estimate of drug-likeness (QED) is 0.647. The number of thiazole rings is 1. The Morgan fingerprint density at radius 3 is 2.94 bits per heavy atom. The van der Waals surface area contributed by atoms with Gasteiger partial charge in [0.05, 0.1) is 12.7 Å². The molecule has 0 amide bonds. The number of carbonyl (C=O) groups excluding carboxylic acids is 1. The van der Waals surface area contributed by atoms with Crippen LogP contribution in [0, 0.1) is 17.7 Å². The Hall–Kier alpha value is -2.29. The summed E-state index contributed by atoms with van der Waals surface area (Å²) in [6, 6.07) is 3.31. The highest BCUT2D eigenvalue weighted by Crippen LogP contribution is 2.42. The number of nitrogens with one attached hydrogen (secondary N) is 1. The molecule has 2 aliphatic rings. The van der Waals surface area contributed by atoms with Gasteiger partial charge >= 0.3 is 5.97 Å². The fraction of sp³-hybridized carbons (Fsp3) is 0.409. The van der Waals surface area contributed by atoms with E-state index in [2.05, 4.69) is 10.3 Å². The zero-order valence-corrected chi connectivity index (χ0v) is 18.5. The zero-order valence-electron chi connectivity index (χ0n) is 17.0. The molecule has 1 saturated carbocycles. The summed E-state index contributed by atoms with van der Waals surface area (Å²) >= 11 is 7.80. The van der Waals surface area contributed by atoms with Gasteiger partial charge in [0.25, 0.3) is 0 Å². The minimum absolute atomic E-state index is 0.0205. The highest BCUT2D eigenvalue weighted by Gasteiger charge is 2.37. The third-order valence-electron chi connectivity index (χ3n) is 5.82. The monoisotopic (exact) mass is 463 g/mol. The standard InChI is InChI=1S/C22H23ClFN3O3S/c1-30-22(29)17-18(13-4-2-3-12(9-13)11-28)26-20(21-25-7-8-31-21)27-19(17)15-6-5-14(24)10-16(15)23/h5-8,10,12-13,19,28H,2-4,9,11H2,1H3,(H,26,27)/t12-,13+,19?/m0/s1. The second-order valence-electron chi connectivity index (χ2n) is 7.74. The van der Waals surface area contributed by atoms with Crippen LogP contribution >= 0.6 is 22.9 Å². The molecule has 31 heavy (non-hydrogen) atoms. The number of allylic oxidation sites excluding steroid dienone is 1. The van der Waals surface area contributed by atoms with Crippen molar-refractivity contribution >= 4 is 34.7 Å². The highest BCUT2D eigenvalue weighted by molar-refractivity contribution is 7.11. The first-order chi connectivity index (χ1) is 15.0. The molecule has 0 radical (unpaired) electrons. The molecule has 9 heteroatoms. The van der Waals surface area contributed by atoms with Crippen LogP contribution in [-0.4, -0.2) is 35.6 Å². The molecule has 0 saturated heterocycles. The molecule has 164 valence electrons. The predicted octanol–water partition coefficient (Wildman–Crippen LogP) is 4.25. The second-order valence-corrected chi connectivity index (χ2v) is 9.04. The lowest BCUT2D eigenvalue weighted by atomic mass is 9.77. The molecule has 6 nitrogen and oxygen atoms in total. The minimum Gasteiger partial charge on any atom is -0.466 e. The van der Waals surface area contributed by atoms with Crippen molar-refractivity contribution in [1.29, 1.82) is 0 Å². The van der Waals surface area contributed by atoms with Crippen LogP contribution in [-0.2, 0) is 9.53 Å². The first kappa shape index (κ1) is 21.9. The van der Waals surface area contributed by atoms with E-state index in [1.54, 1.807) is 12.3 Å². The number of aliphatic hydroxyl groups is 1. The Kier molecular flexibility index (Phi) is 6.69. The second kappa shape index (κ2) is 9.46. The number of halogens is 2. The Labute approximate surface area is 188 Å². The largest absolute Gasteiger partial charge is 0.466 e. The number of methoxy groups -OCH3 is 1. The summed E-state index contributed by atoms with van der Waals surface area (Å²) < 4.78 is 18.8. The first-order valence-electron chi connectivity index (χ1n) is 10.1. The van der Waals surface area contributed by atoms with Gasteiger partial charge in [0.1, 0.15) is 11.9 Å². The van der Waals surface area contributed by atoms with E-state index in [1.807, 2.05) is 5.38 Å². The van der Waals surface area contributed by atoms with Crippen molar-refractivity contribution in [1.82, 2.24) is 10.3 Å². The van der Waals surface area contributed by atoms with Crippen LogP contribution in [0.1, 0.15) is 42.3 Å². The Morgan fingerprint density at radius 1 is 1.42 bits per heavy atom. The van der Waals surface area contributed by atoms with Gasteiger partial charge in [0.15, 0.2) is 10.8 Å². The summed E-state index contributed by atoms with van der Waals surface area (Å²) in [7, 11) is 1.33. The summed E-state index contributed by atoms with van der Waals surface area (Å²) in [6.45, 7) is 0.109. The van der Waals surface area contributed by atoms with Gasteiger partial charge in [-0.25, -0.2) is 14.2 Å². The van der Waals surface area contributed by atoms with E-state index in [1.165, 1.54) is 30.6 Å². The summed E-state index contributed by atoms with van der Waals surface area (Å²) in [5.74, 6) is -0.252. The number of rotatable bonds is 5. The van der Waals surface area contributed by atoms with Crippen LogP contribution in [0.25, 0.3) is 0 Å². The molecular weight excluding hydrogens is 441 g/mol. The van der Waals surface area contributed by atoms with E-state index in [-0.39, 0.29) is 23.5 Å². The average Bonchev–Trinajstić information content (AvgIpc) is 3.33. The number of hydrogen-bond acceptors (Lipinski definition) is 7. The smallest absolute Gasteiger partial charge is 0.338 e. The molecule has 2 N–H and O–H groups in total. The van der Waals surface area contributed by atoms with Crippen molar-refractivity contribution in [2.45, 2.75) is 31.7 Å². The number of aliphatic hydroxyl groups excluding tert-OH is 1. The predicted molar refractivity (Wildman–Crippen MR) is 118 cm³/mol. The maximum atomic E-state index is 13.7. The SMILES string of the molecule is COC(=O)C1=C([C@@H]2CCC[C@H](CO)C2)NC(c2nccs2)=NC1c1ccc(F)cc1Cl. The van der Waals surface area contributed by atoms with Gasteiger partial charge in [-0.15, -0.1) is 11.3 Å². The van der Waals surface area contributed by atoms with Crippen LogP contribution in [0.5, 0.6) is 0 Å².